The molecule has 0 amide bonds. The van der Waals surface area contributed by atoms with E-state index in [1.807, 2.05) is 6.07 Å². The lowest BCUT2D eigenvalue weighted by atomic mass is 9.72. The second-order valence-electron chi connectivity index (χ2n) is 10.4. The molecule has 0 saturated heterocycles. The first-order chi connectivity index (χ1) is 16.2. The number of ether oxygens (including phenoxy) is 1. The monoisotopic (exact) mass is 476 g/mol. The van der Waals surface area contributed by atoms with Crippen LogP contribution in [0.2, 0.25) is 0 Å². The van der Waals surface area contributed by atoms with Crippen molar-refractivity contribution in [3.05, 3.63) is 41.5 Å². The van der Waals surface area contributed by atoms with Gasteiger partial charge in [0.05, 0.1) is 12.0 Å². The predicted molar refractivity (Wildman–Crippen MR) is 127 cm³/mol. The summed E-state index contributed by atoms with van der Waals surface area (Å²) in [6.45, 7) is 4.24. The van der Waals surface area contributed by atoms with Crippen molar-refractivity contribution in [1.82, 2.24) is 0 Å². The van der Waals surface area contributed by atoms with E-state index >= 15 is 0 Å². The maximum atomic E-state index is 14.3. The molecule has 1 unspecified atom stereocenters. The van der Waals surface area contributed by atoms with Gasteiger partial charge in [-0.2, -0.15) is 13.2 Å². The van der Waals surface area contributed by atoms with Crippen molar-refractivity contribution in [2.45, 2.75) is 89.8 Å². The summed E-state index contributed by atoms with van der Waals surface area (Å²) in [5.41, 5.74) is 0.234. The molecule has 1 atom stereocenters. The van der Waals surface area contributed by atoms with Crippen molar-refractivity contribution in [2.24, 2.45) is 17.8 Å². The number of alkyl halides is 3. The fraction of sp³-hybridized carbons (Fsp3) is 0.607. The third-order valence-electron chi connectivity index (χ3n) is 8.11. The summed E-state index contributed by atoms with van der Waals surface area (Å²) >= 11 is 0. The number of hydrogen-bond acceptors (Lipinski definition) is 2. The van der Waals surface area contributed by atoms with Crippen molar-refractivity contribution >= 4 is 16.7 Å². The molecule has 0 spiro atoms. The highest BCUT2D eigenvalue weighted by Gasteiger charge is 2.38. The molecule has 2 fully saturated rings. The fourth-order valence-electron chi connectivity index (χ4n) is 6.08. The van der Waals surface area contributed by atoms with Crippen LogP contribution in [0.4, 0.5) is 13.2 Å². The van der Waals surface area contributed by atoms with Gasteiger partial charge in [-0.1, -0.05) is 38.1 Å². The fourth-order valence-corrected chi connectivity index (χ4v) is 6.08. The second-order valence-corrected chi connectivity index (χ2v) is 10.4. The van der Waals surface area contributed by atoms with Crippen LogP contribution in [-0.2, 0) is 11.0 Å². The van der Waals surface area contributed by atoms with Crippen LogP contribution in [0.1, 0.15) is 88.7 Å². The number of aliphatic carboxylic acids is 1. The maximum absolute atomic E-state index is 14.3. The number of benzene rings is 2. The van der Waals surface area contributed by atoms with Crippen LogP contribution in [0.5, 0.6) is 5.75 Å². The topological polar surface area (TPSA) is 46.5 Å². The molecule has 2 aliphatic carbocycles. The Kier molecular flexibility index (Phi) is 7.44. The summed E-state index contributed by atoms with van der Waals surface area (Å²) in [6, 6.07) is 8.66. The number of halogens is 3. The Morgan fingerprint density at radius 1 is 1.03 bits per heavy atom. The smallest absolute Gasteiger partial charge is 0.420 e. The first kappa shape index (κ1) is 24.9. The summed E-state index contributed by atoms with van der Waals surface area (Å²) < 4.78 is 49.0. The molecular formula is C28H35F3O3. The highest BCUT2D eigenvalue weighted by molar-refractivity contribution is 5.89. The first-order valence-corrected chi connectivity index (χ1v) is 12.7. The standard InChI is InChI=1S/C28H35F3O3/c1-3-23(18-6-9-20(10-7-18)27(32)33)21-11-8-19-12-15-25(26(24(19)16-21)28(29,30)31)34-22-13-4-17(2)5-14-22/h8,11-12,15-18,20,22-23H,3-7,9-10,13-14H2,1-2H3,(H,32,33). The molecule has 3 nitrogen and oxygen atoms in total. The third-order valence-corrected chi connectivity index (χ3v) is 8.11. The van der Waals surface area contributed by atoms with Crippen LogP contribution in [0, 0.1) is 17.8 Å². The van der Waals surface area contributed by atoms with E-state index in [0.29, 0.717) is 24.1 Å². The van der Waals surface area contributed by atoms with Crippen molar-refractivity contribution in [2.75, 3.05) is 0 Å². The largest absolute Gasteiger partial charge is 0.490 e. The molecule has 6 heteroatoms. The van der Waals surface area contributed by atoms with Crippen LogP contribution >= 0.6 is 0 Å². The van der Waals surface area contributed by atoms with Gasteiger partial charge >= 0.3 is 12.1 Å². The average Bonchev–Trinajstić information content (AvgIpc) is 2.80. The Balaban J connectivity index is 1.66. The van der Waals surface area contributed by atoms with Gasteiger partial charge in [-0.15, -0.1) is 0 Å². The van der Waals surface area contributed by atoms with E-state index in [1.54, 1.807) is 18.2 Å². The molecule has 0 heterocycles. The minimum absolute atomic E-state index is 0.0632. The van der Waals surface area contributed by atoms with Gasteiger partial charge in [-0.25, -0.2) is 0 Å². The zero-order chi connectivity index (χ0) is 24.5. The van der Waals surface area contributed by atoms with Crippen molar-refractivity contribution < 1.29 is 27.8 Å². The Morgan fingerprint density at radius 2 is 1.68 bits per heavy atom. The molecule has 186 valence electrons. The van der Waals surface area contributed by atoms with Gasteiger partial charge in [0.25, 0.3) is 0 Å². The highest BCUT2D eigenvalue weighted by atomic mass is 19.4. The summed E-state index contributed by atoms with van der Waals surface area (Å²) in [5, 5.41) is 10.1. The average molecular weight is 477 g/mol. The number of carbonyl (C=O) groups is 1. The quantitative estimate of drug-likeness (QED) is 0.457. The van der Waals surface area contributed by atoms with Crippen molar-refractivity contribution in [3.63, 3.8) is 0 Å². The molecule has 0 aromatic heterocycles. The maximum Gasteiger partial charge on any atom is 0.420 e. The zero-order valence-corrected chi connectivity index (χ0v) is 20.0. The zero-order valence-electron chi connectivity index (χ0n) is 20.0. The first-order valence-electron chi connectivity index (χ1n) is 12.7. The Morgan fingerprint density at radius 3 is 2.26 bits per heavy atom. The molecule has 0 bridgehead atoms. The SMILES string of the molecule is CCC(c1ccc2ccc(OC3CCC(C)CC3)c(C(F)(F)F)c2c1)C1CCC(C(=O)O)CC1. The van der Waals surface area contributed by atoms with Gasteiger partial charge in [0.1, 0.15) is 11.3 Å². The summed E-state index contributed by atoms with van der Waals surface area (Å²) in [6.07, 6.45) is 2.50. The normalized spacial score (nSPS) is 26.9. The van der Waals surface area contributed by atoms with Crippen LogP contribution < -0.4 is 4.74 Å². The van der Waals surface area contributed by atoms with E-state index in [4.69, 9.17) is 4.74 Å². The molecule has 2 aromatic rings. The van der Waals surface area contributed by atoms with Crippen molar-refractivity contribution in [1.29, 1.82) is 0 Å². The number of rotatable bonds is 6. The minimum atomic E-state index is -4.52. The van der Waals surface area contributed by atoms with E-state index in [1.165, 1.54) is 6.07 Å². The Bertz CT molecular complexity index is 1000. The van der Waals surface area contributed by atoms with Crippen LogP contribution in [0.15, 0.2) is 30.3 Å². The lowest BCUT2D eigenvalue weighted by molar-refractivity contribution is -0.143. The van der Waals surface area contributed by atoms with Crippen LogP contribution in [-0.4, -0.2) is 17.2 Å². The number of fused-ring (bicyclic) bond motifs is 1. The molecule has 0 radical (unpaired) electrons. The highest BCUT2D eigenvalue weighted by Crippen LogP contribution is 2.45. The van der Waals surface area contributed by atoms with E-state index in [9.17, 15) is 23.1 Å². The number of hydrogen-bond donors (Lipinski definition) is 1. The van der Waals surface area contributed by atoms with Gasteiger partial charge in [0, 0.05) is 0 Å². The van der Waals surface area contributed by atoms with E-state index in [-0.39, 0.29) is 35.0 Å². The molecule has 2 saturated carbocycles. The number of carboxylic acid groups (broad SMARTS) is 1. The van der Waals surface area contributed by atoms with Gasteiger partial charge in [0.15, 0.2) is 0 Å². The van der Waals surface area contributed by atoms with E-state index < -0.39 is 17.7 Å². The third kappa shape index (κ3) is 5.36. The Hall–Kier alpha value is -2.24. The minimum Gasteiger partial charge on any atom is -0.490 e. The van der Waals surface area contributed by atoms with Crippen LogP contribution in [0.3, 0.4) is 0 Å². The number of carboxylic acids is 1. The summed E-state index contributed by atoms with van der Waals surface area (Å²) in [7, 11) is 0. The van der Waals surface area contributed by atoms with Crippen molar-refractivity contribution in [3.8, 4) is 5.75 Å². The van der Waals surface area contributed by atoms with Gasteiger partial charge in [0.2, 0.25) is 0 Å². The molecule has 34 heavy (non-hydrogen) atoms. The lowest BCUT2D eigenvalue weighted by Gasteiger charge is -2.33. The van der Waals surface area contributed by atoms with Gasteiger partial charge < -0.3 is 9.84 Å². The molecule has 2 aromatic carbocycles. The van der Waals surface area contributed by atoms with E-state index in [2.05, 4.69) is 13.8 Å². The van der Waals surface area contributed by atoms with Gasteiger partial charge in [-0.3, -0.25) is 4.79 Å². The molecule has 4 rings (SSSR count). The molecule has 0 aliphatic heterocycles. The van der Waals surface area contributed by atoms with E-state index in [0.717, 1.165) is 50.5 Å². The molecular weight excluding hydrogens is 441 g/mol. The Labute approximate surface area is 199 Å². The summed E-state index contributed by atoms with van der Waals surface area (Å²) in [5.74, 6) is -0.110. The lowest BCUT2D eigenvalue weighted by Crippen LogP contribution is -2.25. The molecule has 2 aliphatic rings. The predicted octanol–water partition coefficient (Wildman–Crippen LogP) is 8.20. The summed E-state index contributed by atoms with van der Waals surface area (Å²) in [4.78, 5) is 11.3. The van der Waals surface area contributed by atoms with Crippen LogP contribution in [0.25, 0.3) is 10.8 Å². The van der Waals surface area contributed by atoms with Gasteiger partial charge in [-0.05, 0) is 97.9 Å². The second kappa shape index (κ2) is 10.2. The molecule has 1 N–H and O–H groups in total.